The van der Waals surface area contributed by atoms with Gasteiger partial charge in [0.05, 0.1) is 22.9 Å². The average Bonchev–Trinajstić information content (AvgIpc) is 3.73. The molecule has 216 valence electrons. The van der Waals surface area contributed by atoms with Crippen LogP contribution in [0.2, 0.25) is 26.2 Å². The number of benzene rings is 1. The fraction of sp³-hybridized carbons (Fsp3) is 0.471. The van der Waals surface area contributed by atoms with E-state index in [4.69, 9.17) is 0 Å². The fourth-order valence-electron chi connectivity index (χ4n) is 4.79. The van der Waals surface area contributed by atoms with Crippen molar-refractivity contribution < 1.29 is 0 Å². The molecule has 2 nitrogen and oxygen atoms in total. The normalized spacial score (nSPS) is 11.8. The smallest absolute Gasteiger partial charge is 0.172 e. The molecule has 0 bridgehead atoms. The molecule has 41 heavy (non-hydrogen) atoms. The van der Waals surface area contributed by atoms with Crippen molar-refractivity contribution in [3.8, 4) is 22.9 Å². The van der Waals surface area contributed by atoms with Crippen LogP contribution in [0.1, 0.15) is 86.1 Å². The summed E-state index contributed by atoms with van der Waals surface area (Å²) in [4.78, 5) is 3.01. The van der Waals surface area contributed by atoms with Gasteiger partial charge in [0, 0.05) is 18.8 Å². The van der Waals surface area contributed by atoms with Crippen molar-refractivity contribution in [2.45, 2.75) is 104 Å². The summed E-state index contributed by atoms with van der Waals surface area (Å²) >= 11 is 5.21. The second kappa shape index (κ2) is 14.9. The van der Waals surface area contributed by atoms with Crippen molar-refractivity contribution in [2.75, 3.05) is 0 Å². The predicted octanol–water partition coefficient (Wildman–Crippen LogP) is 9.07. The molecule has 0 spiro atoms. The third-order valence-electron chi connectivity index (χ3n) is 7.54. The molecule has 4 rings (SSSR count). The summed E-state index contributed by atoms with van der Waals surface area (Å²) in [7, 11) is -3.75. The maximum absolute atomic E-state index is 4.64. The zero-order chi connectivity index (χ0) is 29.3. The Hall–Kier alpha value is -2.01. The monoisotopic (exact) mass is 632 g/mol. The van der Waals surface area contributed by atoms with Crippen LogP contribution < -0.4 is 9.00 Å². The number of rotatable bonds is 12. The maximum Gasteiger partial charge on any atom is 0.174 e. The lowest BCUT2D eigenvalue weighted by atomic mass is 10.1. The zero-order valence-corrected chi connectivity index (χ0v) is 30.1. The van der Waals surface area contributed by atoms with Crippen molar-refractivity contribution in [3.05, 3.63) is 57.3 Å². The number of thiophene rings is 2. The van der Waals surface area contributed by atoms with Gasteiger partial charge in [-0.15, -0.1) is 33.8 Å². The van der Waals surface area contributed by atoms with Gasteiger partial charge in [0.1, 0.15) is 11.0 Å². The molecular weight excluding hydrogens is 589 g/mol. The number of unbranched alkanes of at least 4 members (excludes halogenated alkanes) is 6. The predicted molar refractivity (Wildman–Crippen MR) is 190 cm³/mol. The van der Waals surface area contributed by atoms with Crippen LogP contribution in [0.15, 0.2) is 36.4 Å². The summed E-state index contributed by atoms with van der Waals surface area (Å²) in [5.74, 6) is 7.04. The van der Waals surface area contributed by atoms with Crippen LogP contribution in [0.4, 0.5) is 0 Å². The molecule has 0 fully saturated rings. The minimum Gasteiger partial charge on any atom is -0.172 e. The minimum absolute atomic E-state index is 0.895. The molecule has 0 saturated heterocycles. The Labute approximate surface area is 262 Å². The Balaban J connectivity index is 1.48. The molecule has 0 aliphatic heterocycles. The van der Waals surface area contributed by atoms with E-state index in [1.807, 2.05) is 22.7 Å². The first-order valence-corrected chi connectivity index (χ1v) is 23.6. The molecule has 1 aromatic carbocycles. The average molecular weight is 633 g/mol. The van der Waals surface area contributed by atoms with Crippen molar-refractivity contribution >= 4 is 70.6 Å². The third-order valence-corrected chi connectivity index (χ3v) is 18.0. The second-order valence-corrected chi connectivity index (χ2v) is 23.7. The van der Waals surface area contributed by atoms with E-state index in [1.165, 1.54) is 94.7 Å². The highest BCUT2D eigenvalue weighted by atomic mass is 32.1. The summed E-state index contributed by atoms with van der Waals surface area (Å²) in [5, 5.41) is 0. The van der Waals surface area contributed by atoms with E-state index in [-0.39, 0.29) is 0 Å². The molecule has 0 unspecified atom stereocenters. The Morgan fingerprint density at radius 3 is 1.44 bits per heavy atom. The van der Waals surface area contributed by atoms with Gasteiger partial charge in [0.25, 0.3) is 0 Å². The quantitative estimate of drug-likeness (QED) is 0.0885. The maximum atomic E-state index is 4.64. The summed E-state index contributed by atoms with van der Waals surface area (Å²) in [6.07, 6.45) is 12.9. The number of aromatic nitrogens is 2. The summed E-state index contributed by atoms with van der Waals surface area (Å²) in [6, 6.07) is 13.5. The van der Waals surface area contributed by atoms with Gasteiger partial charge in [0.15, 0.2) is 16.1 Å². The molecule has 0 saturated carbocycles. The van der Waals surface area contributed by atoms with Gasteiger partial charge in [-0.05, 0) is 49.9 Å². The number of hydrogen-bond donors (Lipinski definition) is 0. The molecular formula is C34H44N2S3Si2. The lowest BCUT2D eigenvalue weighted by Gasteiger charge is -2.12. The van der Waals surface area contributed by atoms with Crippen LogP contribution in [0.3, 0.4) is 0 Å². The summed E-state index contributed by atoms with van der Waals surface area (Å²) < 4.78 is 12.2. The lowest BCUT2D eigenvalue weighted by molar-refractivity contribution is 0.670. The molecule has 4 aromatic rings. The molecule has 0 aliphatic rings. The first-order valence-electron chi connectivity index (χ1n) is 15.2. The largest absolute Gasteiger partial charge is 0.174 e. The van der Waals surface area contributed by atoms with Crippen LogP contribution in [0.5, 0.6) is 0 Å². The molecule has 0 N–H and O–H groups in total. The fourth-order valence-corrected chi connectivity index (χ4v) is 12.2. The van der Waals surface area contributed by atoms with Gasteiger partial charge in [-0.2, -0.15) is 8.75 Å². The highest BCUT2D eigenvalue weighted by molar-refractivity contribution is 7.28. The number of hydrogen-bond acceptors (Lipinski definition) is 5. The second-order valence-electron chi connectivity index (χ2n) is 12.0. The van der Waals surface area contributed by atoms with Gasteiger partial charge < -0.3 is 0 Å². The molecule has 3 aromatic heterocycles. The van der Waals surface area contributed by atoms with Crippen molar-refractivity contribution in [1.29, 1.82) is 0 Å². The Morgan fingerprint density at radius 1 is 0.585 bits per heavy atom. The first-order chi connectivity index (χ1) is 19.7. The van der Waals surface area contributed by atoms with Crippen LogP contribution in [-0.2, 0) is 12.8 Å². The highest BCUT2D eigenvalue weighted by Gasteiger charge is 2.25. The number of fused-ring (bicyclic) bond motifs is 1. The SMILES string of the molecule is CCCCCCc1ccc([Si](C)(C)C#Cc2ccc(C#C[Si](C)(C)c3ccc(CCCCCC)s3)c3nsnc23)s1. The van der Waals surface area contributed by atoms with Gasteiger partial charge in [-0.1, -0.05) is 103 Å². The van der Waals surface area contributed by atoms with Crippen LogP contribution in [-0.4, -0.2) is 24.9 Å². The molecule has 7 heteroatoms. The van der Waals surface area contributed by atoms with Gasteiger partial charge >= 0.3 is 0 Å². The standard InChI is InChI=1S/C34H44N2S3Si2/c1-7-9-11-13-15-29-19-21-31(37-29)40(3,4)25-23-27-17-18-28(34-33(27)35-39-36-34)24-26-41(5,6)32-22-20-30(38-32)16-14-12-10-8-2/h17-22H,7-16H2,1-6H3. The molecule has 0 radical (unpaired) electrons. The van der Waals surface area contributed by atoms with Crippen LogP contribution in [0, 0.1) is 22.9 Å². The highest BCUT2D eigenvalue weighted by Crippen LogP contribution is 2.22. The molecule has 0 aliphatic carbocycles. The molecule has 0 amide bonds. The Bertz CT molecular complexity index is 1440. The number of aryl methyl sites for hydroxylation is 2. The van der Waals surface area contributed by atoms with Crippen molar-refractivity contribution in [1.82, 2.24) is 8.75 Å². The van der Waals surface area contributed by atoms with E-state index in [9.17, 15) is 0 Å². The Kier molecular flexibility index (Phi) is 11.6. The Morgan fingerprint density at radius 2 is 1.02 bits per heavy atom. The van der Waals surface area contributed by atoms with Gasteiger partial charge in [-0.25, -0.2) is 0 Å². The molecule has 0 atom stereocenters. The van der Waals surface area contributed by atoms with Gasteiger partial charge in [0.2, 0.25) is 0 Å². The topological polar surface area (TPSA) is 25.8 Å². The zero-order valence-electron chi connectivity index (χ0n) is 25.7. The molecule has 3 heterocycles. The third kappa shape index (κ3) is 8.75. The van der Waals surface area contributed by atoms with Crippen molar-refractivity contribution in [3.63, 3.8) is 0 Å². The van der Waals surface area contributed by atoms with E-state index in [2.05, 4.69) is 108 Å². The van der Waals surface area contributed by atoms with E-state index < -0.39 is 16.1 Å². The minimum atomic E-state index is -1.87. The van der Waals surface area contributed by atoms with Crippen LogP contribution in [0.25, 0.3) is 11.0 Å². The van der Waals surface area contributed by atoms with Crippen LogP contribution >= 0.6 is 34.4 Å². The summed E-state index contributed by atoms with van der Waals surface area (Å²) in [5.41, 5.74) is 11.1. The van der Waals surface area contributed by atoms with E-state index >= 15 is 0 Å². The van der Waals surface area contributed by atoms with E-state index in [1.54, 1.807) is 0 Å². The number of nitrogens with zero attached hydrogens (tertiary/aromatic N) is 2. The van der Waals surface area contributed by atoms with Gasteiger partial charge in [-0.3, -0.25) is 0 Å². The van der Waals surface area contributed by atoms with Crippen molar-refractivity contribution in [2.24, 2.45) is 0 Å². The van der Waals surface area contributed by atoms with E-state index in [0.29, 0.717) is 0 Å². The van der Waals surface area contributed by atoms with E-state index in [0.717, 1.165) is 22.2 Å². The first kappa shape index (κ1) is 31.9. The summed E-state index contributed by atoms with van der Waals surface area (Å²) in [6.45, 7) is 14.0. The lowest BCUT2D eigenvalue weighted by Crippen LogP contribution is -2.37.